The summed E-state index contributed by atoms with van der Waals surface area (Å²) in [6.07, 6.45) is 1.44. The summed E-state index contributed by atoms with van der Waals surface area (Å²) >= 11 is 0. The number of non-ortho nitro benzene ring substituents is 1. The largest absolute Gasteiger partial charge is 0.286 e. The van der Waals surface area contributed by atoms with E-state index in [4.69, 9.17) is 5.26 Å². The van der Waals surface area contributed by atoms with E-state index in [9.17, 15) is 14.9 Å². The number of nitrogens with one attached hydrogen (secondary N) is 2. The highest BCUT2D eigenvalue weighted by atomic mass is 16.6. The lowest BCUT2D eigenvalue weighted by Gasteiger charge is -2.11. The topological polar surface area (TPSA) is 108 Å². The first kappa shape index (κ1) is 14.6. The molecule has 0 saturated carbocycles. The van der Waals surface area contributed by atoms with Gasteiger partial charge in [-0.05, 0) is 18.6 Å². The standard InChI is InChI=1S/C12H14N4O3/c1-2-3-10(8-13)14-15-12(17)9-4-6-11(7-5-9)16(18)19/h4-7,10,14H,2-3H2,1H3,(H,15,17)/t10-/m1/s1. The molecule has 1 amide bonds. The van der Waals surface area contributed by atoms with Crippen LogP contribution in [0.15, 0.2) is 24.3 Å². The van der Waals surface area contributed by atoms with E-state index in [2.05, 4.69) is 10.9 Å². The van der Waals surface area contributed by atoms with Crippen LogP contribution in [0, 0.1) is 21.4 Å². The zero-order chi connectivity index (χ0) is 14.3. The third-order valence-electron chi connectivity index (χ3n) is 2.43. The fourth-order valence-corrected chi connectivity index (χ4v) is 1.42. The smallest absolute Gasteiger partial charge is 0.269 e. The Morgan fingerprint density at radius 1 is 1.47 bits per heavy atom. The molecule has 100 valence electrons. The van der Waals surface area contributed by atoms with Gasteiger partial charge in [-0.15, -0.1) is 0 Å². The molecule has 0 spiro atoms. The van der Waals surface area contributed by atoms with Crippen LogP contribution in [-0.2, 0) is 0 Å². The number of carbonyl (C=O) groups excluding carboxylic acids is 1. The maximum absolute atomic E-state index is 11.7. The van der Waals surface area contributed by atoms with Gasteiger partial charge in [-0.1, -0.05) is 13.3 Å². The zero-order valence-electron chi connectivity index (χ0n) is 10.4. The lowest BCUT2D eigenvalue weighted by molar-refractivity contribution is -0.384. The lowest BCUT2D eigenvalue weighted by atomic mass is 10.2. The molecule has 7 heteroatoms. The minimum atomic E-state index is -0.535. The van der Waals surface area contributed by atoms with Gasteiger partial charge in [0.05, 0.1) is 11.0 Å². The van der Waals surface area contributed by atoms with Crippen LogP contribution < -0.4 is 10.9 Å². The Labute approximate surface area is 110 Å². The fourth-order valence-electron chi connectivity index (χ4n) is 1.42. The molecule has 1 aromatic carbocycles. The van der Waals surface area contributed by atoms with E-state index >= 15 is 0 Å². The maximum atomic E-state index is 11.7. The molecular formula is C12H14N4O3. The van der Waals surface area contributed by atoms with E-state index in [1.165, 1.54) is 24.3 Å². The average molecular weight is 262 g/mol. The van der Waals surface area contributed by atoms with E-state index in [0.717, 1.165) is 6.42 Å². The second kappa shape index (κ2) is 7.08. The average Bonchev–Trinajstić information content (AvgIpc) is 2.43. The number of amides is 1. The Morgan fingerprint density at radius 2 is 2.11 bits per heavy atom. The van der Waals surface area contributed by atoms with Crippen LogP contribution in [0.2, 0.25) is 0 Å². The second-order valence-corrected chi connectivity index (χ2v) is 3.87. The van der Waals surface area contributed by atoms with Crippen molar-refractivity contribution in [3.63, 3.8) is 0 Å². The van der Waals surface area contributed by atoms with E-state index in [-0.39, 0.29) is 11.3 Å². The highest BCUT2D eigenvalue weighted by Crippen LogP contribution is 2.11. The number of carbonyl (C=O) groups is 1. The lowest BCUT2D eigenvalue weighted by Crippen LogP contribution is -2.43. The van der Waals surface area contributed by atoms with Crippen LogP contribution in [0.3, 0.4) is 0 Å². The van der Waals surface area contributed by atoms with Gasteiger partial charge in [-0.25, -0.2) is 5.43 Å². The number of rotatable bonds is 6. The molecule has 7 nitrogen and oxygen atoms in total. The van der Waals surface area contributed by atoms with Crippen LogP contribution in [-0.4, -0.2) is 16.9 Å². The SMILES string of the molecule is CCC[C@H](C#N)NNC(=O)c1ccc([N+](=O)[O-])cc1. The molecule has 0 heterocycles. The predicted molar refractivity (Wildman–Crippen MR) is 68.0 cm³/mol. The zero-order valence-corrected chi connectivity index (χ0v) is 10.4. The van der Waals surface area contributed by atoms with Crippen molar-refractivity contribution in [2.45, 2.75) is 25.8 Å². The Hall–Kier alpha value is -2.46. The van der Waals surface area contributed by atoms with E-state index in [0.29, 0.717) is 6.42 Å². The fraction of sp³-hybridized carbons (Fsp3) is 0.333. The Morgan fingerprint density at radius 3 is 2.58 bits per heavy atom. The van der Waals surface area contributed by atoms with Crippen molar-refractivity contribution in [2.24, 2.45) is 0 Å². The van der Waals surface area contributed by atoms with Gasteiger partial charge in [0.25, 0.3) is 11.6 Å². The van der Waals surface area contributed by atoms with Gasteiger partial charge in [0.15, 0.2) is 0 Å². The van der Waals surface area contributed by atoms with E-state index < -0.39 is 16.9 Å². The van der Waals surface area contributed by atoms with E-state index in [1.807, 2.05) is 13.0 Å². The van der Waals surface area contributed by atoms with Crippen molar-refractivity contribution in [1.29, 1.82) is 5.26 Å². The summed E-state index contributed by atoms with van der Waals surface area (Å²) in [5, 5.41) is 19.3. The van der Waals surface area contributed by atoms with Crippen LogP contribution in [0.1, 0.15) is 30.1 Å². The normalized spacial score (nSPS) is 11.4. The first-order valence-corrected chi connectivity index (χ1v) is 5.78. The van der Waals surface area contributed by atoms with Gasteiger partial charge < -0.3 is 0 Å². The maximum Gasteiger partial charge on any atom is 0.269 e. The monoisotopic (exact) mass is 262 g/mol. The summed E-state index contributed by atoms with van der Waals surface area (Å²) in [4.78, 5) is 21.6. The molecule has 1 atom stereocenters. The Balaban J connectivity index is 2.59. The molecule has 19 heavy (non-hydrogen) atoms. The molecule has 0 aliphatic carbocycles. The van der Waals surface area contributed by atoms with Crippen LogP contribution in [0.5, 0.6) is 0 Å². The van der Waals surface area contributed by atoms with Gasteiger partial charge in [0.1, 0.15) is 6.04 Å². The third-order valence-corrected chi connectivity index (χ3v) is 2.43. The van der Waals surface area contributed by atoms with Gasteiger partial charge >= 0.3 is 0 Å². The Bertz CT molecular complexity index is 493. The number of nitro benzene ring substituents is 1. The molecule has 0 saturated heterocycles. The number of hydrogen-bond acceptors (Lipinski definition) is 5. The number of benzene rings is 1. The molecule has 1 rings (SSSR count). The van der Waals surface area contributed by atoms with Gasteiger partial charge in [-0.2, -0.15) is 5.26 Å². The summed E-state index contributed by atoms with van der Waals surface area (Å²) in [5.41, 5.74) is 5.22. The molecule has 0 unspecified atom stereocenters. The van der Waals surface area contributed by atoms with E-state index in [1.54, 1.807) is 0 Å². The van der Waals surface area contributed by atoms with Crippen molar-refractivity contribution in [1.82, 2.24) is 10.9 Å². The molecule has 0 aromatic heterocycles. The molecule has 0 aliphatic rings. The number of nitrogens with zero attached hydrogens (tertiary/aromatic N) is 2. The third kappa shape index (κ3) is 4.37. The van der Waals surface area contributed by atoms with Gasteiger partial charge in [0, 0.05) is 17.7 Å². The first-order chi connectivity index (χ1) is 9.08. The number of nitriles is 1. The van der Waals surface area contributed by atoms with Crippen LogP contribution >= 0.6 is 0 Å². The van der Waals surface area contributed by atoms with Gasteiger partial charge in [0.2, 0.25) is 0 Å². The summed E-state index contributed by atoms with van der Waals surface area (Å²) < 4.78 is 0. The second-order valence-electron chi connectivity index (χ2n) is 3.87. The summed E-state index contributed by atoms with van der Waals surface area (Å²) in [6.45, 7) is 1.93. The van der Waals surface area contributed by atoms with Gasteiger partial charge in [-0.3, -0.25) is 20.3 Å². The molecule has 1 aromatic rings. The van der Waals surface area contributed by atoms with Crippen molar-refractivity contribution < 1.29 is 9.72 Å². The minimum Gasteiger partial charge on any atom is -0.286 e. The predicted octanol–water partition coefficient (Wildman–Crippen LogP) is 1.52. The molecule has 2 N–H and O–H groups in total. The summed E-state index contributed by atoms with van der Waals surface area (Å²) in [5.74, 6) is -0.439. The van der Waals surface area contributed by atoms with Crippen molar-refractivity contribution in [3.8, 4) is 6.07 Å². The molecule has 0 bridgehead atoms. The van der Waals surface area contributed by atoms with Crippen molar-refractivity contribution >= 4 is 11.6 Å². The highest BCUT2D eigenvalue weighted by molar-refractivity contribution is 5.94. The van der Waals surface area contributed by atoms with Crippen LogP contribution in [0.4, 0.5) is 5.69 Å². The van der Waals surface area contributed by atoms with Crippen molar-refractivity contribution in [2.75, 3.05) is 0 Å². The highest BCUT2D eigenvalue weighted by Gasteiger charge is 2.11. The molecule has 0 radical (unpaired) electrons. The number of nitro groups is 1. The number of hydrogen-bond donors (Lipinski definition) is 2. The summed E-state index contributed by atoms with van der Waals surface area (Å²) in [6, 6.07) is 6.79. The first-order valence-electron chi connectivity index (χ1n) is 5.78. The Kier molecular flexibility index (Phi) is 5.44. The van der Waals surface area contributed by atoms with Crippen molar-refractivity contribution in [3.05, 3.63) is 39.9 Å². The quantitative estimate of drug-likeness (QED) is 0.596. The molecule has 0 aliphatic heterocycles. The molecule has 0 fully saturated rings. The number of hydrazine groups is 1. The summed E-state index contributed by atoms with van der Waals surface area (Å²) in [7, 11) is 0. The minimum absolute atomic E-state index is 0.0783. The van der Waals surface area contributed by atoms with Crippen LogP contribution in [0.25, 0.3) is 0 Å². The molecular weight excluding hydrogens is 248 g/mol.